The van der Waals surface area contributed by atoms with Crippen molar-refractivity contribution in [1.29, 1.82) is 0 Å². The summed E-state index contributed by atoms with van der Waals surface area (Å²) in [5.74, 6) is 0.122. The Balaban J connectivity index is 2.86. The van der Waals surface area contributed by atoms with Crippen LogP contribution < -0.4 is 15.2 Å². The van der Waals surface area contributed by atoms with Gasteiger partial charge >= 0.3 is 0 Å². The summed E-state index contributed by atoms with van der Waals surface area (Å²) < 4.78 is 10.3. The van der Waals surface area contributed by atoms with Crippen molar-refractivity contribution in [2.75, 3.05) is 20.3 Å². The molecule has 0 fully saturated rings. The fraction of sp³-hybridized carbons (Fsp3) is 0.364. The lowest BCUT2D eigenvalue weighted by molar-refractivity contribution is 0.0527. The maximum absolute atomic E-state index is 11.0. The van der Waals surface area contributed by atoms with Crippen molar-refractivity contribution in [2.24, 2.45) is 5.73 Å². The van der Waals surface area contributed by atoms with E-state index in [1.54, 1.807) is 6.07 Å². The van der Waals surface area contributed by atoms with Gasteiger partial charge in [-0.2, -0.15) is 0 Å². The zero-order chi connectivity index (χ0) is 12.8. The molecule has 1 aromatic carbocycles. The van der Waals surface area contributed by atoms with E-state index in [0.29, 0.717) is 5.75 Å². The Morgan fingerprint density at radius 2 is 2.18 bits per heavy atom. The quantitative estimate of drug-likeness (QED) is 0.624. The van der Waals surface area contributed by atoms with Crippen LogP contribution in [0.4, 0.5) is 0 Å². The van der Waals surface area contributed by atoms with Gasteiger partial charge in [0, 0.05) is 5.56 Å². The van der Waals surface area contributed by atoms with Crippen molar-refractivity contribution in [3.05, 3.63) is 23.8 Å². The number of primary amides is 1. The van der Waals surface area contributed by atoms with Crippen LogP contribution in [-0.2, 0) is 0 Å². The molecule has 0 heterocycles. The van der Waals surface area contributed by atoms with Crippen LogP contribution in [0.5, 0.6) is 11.5 Å². The van der Waals surface area contributed by atoms with Crippen LogP contribution >= 0.6 is 0 Å². The summed E-state index contributed by atoms with van der Waals surface area (Å²) in [7, 11) is 1.45. The molecule has 0 aliphatic heterocycles. The van der Waals surface area contributed by atoms with Gasteiger partial charge in [-0.1, -0.05) is 0 Å². The summed E-state index contributed by atoms with van der Waals surface area (Å²) >= 11 is 0. The molecule has 6 nitrogen and oxygen atoms in total. The fourth-order valence-corrected chi connectivity index (χ4v) is 1.18. The zero-order valence-corrected chi connectivity index (χ0v) is 9.42. The molecule has 94 valence electrons. The highest BCUT2D eigenvalue weighted by Gasteiger charge is 2.10. The number of hydrogen-bond acceptors (Lipinski definition) is 5. The molecule has 0 bridgehead atoms. The van der Waals surface area contributed by atoms with E-state index >= 15 is 0 Å². The monoisotopic (exact) mass is 241 g/mol. The van der Waals surface area contributed by atoms with E-state index in [4.69, 9.17) is 25.4 Å². The first kappa shape index (κ1) is 13.3. The Hall–Kier alpha value is -1.79. The topological polar surface area (TPSA) is 102 Å². The first-order valence-electron chi connectivity index (χ1n) is 4.98. The van der Waals surface area contributed by atoms with Gasteiger partial charge in [0.2, 0.25) is 5.91 Å². The minimum Gasteiger partial charge on any atom is -0.493 e. The molecule has 1 atom stereocenters. The Kier molecular flexibility index (Phi) is 4.74. The van der Waals surface area contributed by atoms with E-state index < -0.39 is 18.6 Å². The lowest BCUT2D eigenvalue weighted by Crippen LogP contribution is -2.21. The molecule has 1 aromatic rings. The highest BCUT2D eigenvalue weighted by atomic mass is 16.5. The van der Waals surface area contributed by atoms with Crippen molar-refractivity contribution in [3.8, 4) is 11.5 Å². The van der Waals surface area contributed by atoms with Crippen molar-refractivity contribution in [1.82, 2.24) is 0 Å². The van der Waals surface area contributed by atoms with Crippen LogP contribution in [0.3, 0.4) is 0 Å². The van der Waals surface area contributed by atoms with Gasteiger partial charge in [0.05, 0.1) is 13.7 Å². The SMILES string of the molecule is COc1ccc(C(N)=O)cc1OCC(O)CO. The number of rotatable bonds is 6. The Labute approximate surface area is 98.6 Å². The molecule has 0 radical (unpaired) electrons. The maximum atomic E-state index is 11.0. The van der Waals surface area contributed by atoms with Crippen molar-refractivity contribution in [3.63, 3.8) is 0 Å². The van der Waals surface area contributed by atoms with Gasteiger partial charge in [0.1, 0.15) is 12.7 Å². The molecule has 1 unspecified atom stereocenters. The second-order valence-electron chi connectivity index (χ2n) is 3.38. The highest BCUT2D eigenvalue weighted by Crippen LogP contribution is 2.27. The lowest BCUT2D eigenvalue weighted by atomic mass is 10.2. The molecular weight excluding hydrogens is 226 g/mol. The minimum atomic E-state index is -0.989. The van der Waals surface area contributed by atoms with Gasteiger partial charge in [0.25, 0.3) is 0 Å². The molecule has 4 N–H and O–H groups in total. The van der Waals surface area contributed by atoms with Crippen LogP contribution in [-0.4, -0.2) is 42.5 Å². The zero-order valence-electron chi connectivity index (χ0n) is 9.42. The third-order valence-electron chi connectivity index (χ3n) is 2.09. The van der Waals surface area contributed by atoms with E-state index in [-0.39, 0.29) is 17.9 Å². The van der Waals surface area contributed by atoms with Gasteiger partial charge in [0.15, 0.2) is 11.5 Å². The second kappa shape index (κ2) is 6.07. The molecule has 0 aliphatic carbocycles. The van der Waals surface area contributed by atoms with Crippen LogP contribution in [0.1, 0.15) is 10.4 Å². The Morgan fingerprint density at radius 1 is 1.47 bits per heavy atom. The predicted octanol–water partition coefficient (Wildman–Crippen LogP) is -0.474. The summed E-state index contributed by atoms with van der Waals surface area (Å²) in [6.07, 6.45) is -0.989. The molecular formula is C11H15NO5. The van der Waals surface area contributed by atoms with Crippen molar-refractivity contribution < 1.29 is 24.5 Å². The Bertz CT molecular complexity index is 393. The smallest absolute Gasteiger partial charge is 0.248 e. The van der Waals surface area contributed by atoms with Gasteiger partial charge in [-0.05, 0) is 18.2 Å². The van der Waals surface area contributed by atoms with E-state index in [1.165, 1.54) is 19.2 Å². The molecule has 1 amide bonds. The van der Waals surface area contributed by atoms with Crippen LogP contribution in [0.15, 0.2) is 18.2 Å². The maximum Gasteiger partial charge on any atom is 0.248 e. The molecule has 1 rings (SSSR count). The van der Waals surface area contributed by atoms with Crippen LogP contribution in [0.25, 0.3) is 0 Å². The lowest BCUT2D eigenvalue weighted by Gasteiger charge is -2.13. The number of amides is 1. The molecule has 0 spiro atoms. The van der Waals surface area contributed by atoms with Gasteiger partial charge in [-0.3, -0.25) is 4.79 Å². The van der Waals surface area contributed by atoms with Crippen molar-refractivity contribution >= 4 is 5.91 Å². The minimum absolute atomic E-state index is 0.102. The van der Waals surface area contributed by atoms with Crippen molar-refractivity contribution in [2.45, 2.75) is 6.10 Å². The first-order valence-corrected chi connectivity index (χ1v) is 4.98. The van der Waals surface area contributed by atoms with Gasteiger partial charge in [-0.25, -0.2) is 0 Å². The summed E-state index contributed by atoms with van der Waals surface area (Å²) in [4.78, 5) is 11.0. The Morgan fingerprint density at radius 3 is 2.71 bits per heavy atom. The number of nitrogens with two attached hydrogens (primary N) is 1. The number of benzene rings is 1. The standard InChI is InChI=1S/C11H15NO5/c1-16-9-3-2-7(11(12)15)4-10(9)17-6-8(14)5-13/h2-4,8,13-14H,5-6H2,1H3,(H2,12,15). The second-order valence-corrected chi connectivity index (χ2v) is 3.38. The van der Waals surface area contributed by atoms with Crippen LogP contribution in [0.2, 0.25) is 0 Å². The predicted molar refractivity (Wildman–Crippen MR) is 60.1 cm³/mol. The molecule has 0 saturated carbocycles. The number of aliphatic hydroxyl groups excluding tert-OH is 2. The molecule has 17 heavy (non-hydrogen) atoms. The number of hydrogen-bond donors (Lipinski definition) is 3. The summed E-state index contributed by atoms with van der Waals surface area (Å²) in [6.45, 7) is -0.507. The average Bonchev–Trinajstić information content (AvgIpc) is 2.35. The molecule has 6 heteroatoms. The molecule has 0 aromatic heterocycles. The van der Waals surface area contributed by atoms with E-state index in [9.17, 15) is 4.79 Å². The summed E-state index contributed by atoms with van der Waals surface area (Å²) in [5.41, 5.74) is 5.41. The summed E-state index contributed by atoms with van der Waals surface area (Å²) in [6, 6.07) is 4.47. The highest BCUT2D eigenvalue weighted by molar-refractivity contribution is 5.93. The molecule has 0 aliphatic rings. The van der Waals surface area contributed by atoms with E-state index in [1.807, 2.05) is 0 Å². The number of ether oxygens (including phenoxy) is 2. The normalized spacial score (nSPS) is 11.9. The largest absolute Gasteiger partial charge is 0.493 e. The number of carbonyl (C=O) groups excluding carboxylic acids is 1. The number of aliphatic hydroxyl groups is 2. The third-order valence-corrected chi connectivity index (χ3v) is 2.09. The summed E-state index contributed by atoms with van der Waals surface area (Å²) in [5, 5.41) is 17.8. The fourth-order valence-electron chi connectivity index (χ4n) is 1.18. The third kappa shape index (κ3) is 3.61. The number of carbonyl (C=O) groups is 1. The first-order chi connectivity index (χ1) is 8.08. The van der Waals surface area contributed by atoms with E-state index in [0.717, 1.165) is 0 Å². The van der Waals surface area contributed by atoms with E-state index in [2.05, 4.69) is 0 Å². The molecule has 0 saturated heterocycles. The average molecular weight is 241 g/mol. The number of methoxy groups -OCH3 is 1. The van der Waals surface area contributed by atoms with Crippen LogP contribution in [0, 0.1) is 0 Å². The van der Waals surface area contributed by atoms with Gasteiger partial charge < -0.3 is 25.4 Å². The van der Waals surface area contributed by atoms with Gasteiger partial charge in [-0.15, -0.1) is 0 Å².